The normalized spacial score (nSPS) is 18.4. The molecule has 2 aromatic heterocycles. The van der Waals surface area contributed by atoms with E-state index >= 15 is 0 Å². The van der Waals surface area contributed by atoms with Gasteiger partial charge in [0.2, 0.25) is 0 Å². The van der Waals surface area contributed by atoms with Crippen LogP contribution < -0.4 is 5.69 Å². The lowest BCUT2D eigenvalue weighted by Crippen LogP contribution is -2.36. The number of likely N-dealkylation sites (tertiary alicyclic amines) is 1. The second kappa shape index (κ2) is 5.81. The van der Waals surface area contributed by atoms with Crippen LogP contribution >= 0.6 is 11.6 Å². The maximum absolute atomic E-state index is 12.6. The van der Waals surface area contributed by atoms with E-state index in [1.807, 2.05) is 20.8 Å². The van der Waals surface area contributed by atoms with Crippen LogP contribution in [-0.2, 0) is 11.8 Å². The number of aromatic nitrogens is 3. The average Bonchev–Trinajstić information content (AvgIpc) is 3.03. The van der Waals surface area contributed by atoms with Crippen molar-refractivity contribution in [1.82, 2.24) is 19.0 Å². The summed E-state index contributed by atoms with van der Waals surface area (Å²) in [6.07, 6.45) is 1.86. The molecule has 24 heavy (non-hydrogen) atoms. The molecule has 0 aliphatic carbocycles. The Morgan fingerprint density at radius 2 is 2.12 bits per heavy atom. The number of nitrogens with zero attached hydrogens (tertiary/aromatic N) is 4. The van der Waals surface area contributed by atoms with E-state index in [9.17, 15) is 9.59 Å². The molecule has 7 nitrogen and oxygen atoms in total. The summed E-state index contributed by atoms with van der Waals surface area (Å²) in [5.74, 6) is 0. The number of amides is 1. The molecule has 3 heterocycles. The maximum Gasteiger partial charge on any atom is 0.410 e. The number of imidazole rings is 1. The highest BCUT2D eigenvalue weighted by Gasteiger charge is 2.32. The Labute approximate surface area is 144 Å². The van der Waals surface area contributed by atoms with E-state index in [-0.39, 0.29) is 17.8 Å². The summed E-state index contributed by atoms with van der Waals surface area (Å²) in [6.45, 7) is 6.48. The van der Waals surface area contributed by atoms with Crippen molar-refractivity contribution in [3.8, 4) is 0 Å². The number of ether oxygens (including phenoxy) is 1. The van der Waals surface area contributed by atoms with Crippen LogP contribution in [0.3, 0.4) is 0 Å². The molecular formula is C16H21ClN4O3. The zero-order chi connectivity index (χ0) is 17.6. The Bertz CT molecular complexity index is 849. The van der Waals surface area contributed by atoms with E-state index in [0.29, 0.717) is 35.7 Å². The number of hydrogen-bond donors (Lipinski definition) is 0. The number of carbonyl (C=O) groups excluding carboxylic acids is 1. The van der Waals surface area contributed by atoms with Gasteiger partial charge in [0.15, 0.2) is 5.65 Å². The molecule has 3 rings (SSSR count). The van der Waals surface area contributed by atoms with E-state index in [2.05, 4.69) is 4.98 Å². The van der Waals surface area contributed by atoms with Gasteiger partial charge in [0, 0.05) is 26.3 Å². The van der Waals surface area contributed by atoms with Crippen molar-refractivity contribution in [2.24, 2.45) is 7.05 Å². The number of hydrogen-bond acceptors (Lipinski definition) is 4. The number of pyridine rings is 1. The summed E-state index contributed by atoms with van der Waals surface area (Å²) >= 11 is 5.98. The van der Waals surface area contributed by atoms with Crippen molar-refractivity contribution in [2.45, 2.75) is 38.8 Å². The van der Waals surface area contributed by atoms with Gasteiger partial charge in [-0.2, -0.15) is 0 Å². The second-order valence-electron chi connectivity index (χ2n) is 7.08. The van der Waals surface area contributed by atoms with Gasteiger partial charge in [-0.05, 0) is 33.3 Å². The fraction of sp³-hybridized carbons (Fsp3) is 0.562. The molecule has 1 saturated heterocycles. The van der Waals surface area contributed by atoms with Crippen LogP contribution in [0.1, 0.15) is 33.2 Å². The summed E-state index contributed by atoms with van der Waals surface area (Å²) < 4.78 is 8.59. The lowest BCUT2D eigenvalue weighted by atomic mass is 10.2. The minimum absolute atomic E-state index is 0.123. The molecule has 0 unspecified atom stereocenters. The molecule has 0 bridgehead atoms. The summed E-state index contributed by atoms with van der Waals surface area (Å²) in [5.41, 5.74) is 0.575. The van der Waals surface area contributed by atoms with Gasteiger partial charge in [-0.1, -0.05) is 11.6 Å². The minimum Gasteiger partial charge on any atom is -0.444 e. The summed E-state index contributed by atoms with van der Waals surface area (Å²) in [7, 11) is 1.69. The van der Waals surface area contributed by atoms with Crippen LogP contribution in [0.15, 0.2) is 17.1 Å². The van der Waals surface area contributed by atoms with Gasteiger partial charge in [0.05, 0.1) is 16.6 Å². The van der Waals surface area contributed by atoms with Crippen molar-refractivity contribution in [3.05, 3.63) is 27.8 Å². The van der Waals surface area contributed by atoms with Crippen LogP contribution in [-0.4, -0.2) is 43.8 Å². The molecule has 1 fully saturated rings. The molecule has 0 N–H and O–H groups in total. The molecule has 0 aromatic carbocycles. The van der Waals surface area contributed by atoms with Crippen molar-refractivity contribution < 1.29 is 9.53 Å². The largest absolute Gasteiger partial charge is 0.444 e. The molecule has 0 saturated carbocycles. The molecule has 1 aliphatic rings. The number of aryl methyl sites for hydroxylation is 1. The number of rotatable bonds is 1. The number of carbonyl (C=O) groups is 1. The van der Waals surface area contributed by atoms with Crippen molar-refractivity contribution in [1.29, 1.82) is 0 Å². The first-order valence-electron chi connectivity index (χ1n) is 7.88. The zero-order valence-corrected chi connectivity index (χ0v) is 15.0. The van der Waals surface area contributed by atoms with Crippen molar-refractivity contribution in [3.63, 3.8) is 0 Å². The Balaban J connectivity index is 1.89. The predicted octanol–water partition coefficient (Wildman–Crippen LogP) is 2.57. The Kier molecular flexibility index (Phi) is 4.07. The Hall–Kier alpha value is -2.02. The second-order valence-corrected chi connectivity index (χ2v) is 7.51. The lowest BCUT2D eigenvalue weighted by molar-refractivity contribution is 0.0289. The van der Waals surface area contributed by atoms with E-state index in [4.69, 9.17) is 16.3 Å². The summed E-state index contributed by atoms with van der Waals surface area (Å²) in [6, 6.07) is 1.60. The van der Waals surface area contributed by atoms with E-state index in [0.717, 1.165) is 0 Å². The molecule has 1 atom stereocenters. The van der Waals surface area contributed by atoms with E-state index in [1.54, 1.807) is 22.6 Å². The van der Waals surface area contributed by atoms with Crippen LogP contribution in [0.4, 0.5) is 4.79 Å². The summed E-state index contributed by atoms with van der Waals surface area (Å²) in [4.78, 5) is 30.8. The first kappa shape index (κ1) is 16.8. The highest BCUT2D eigenvalue weighted by atomic mass is 35.5. The highest BCUT2D eigenvalue weighted by Crippen LogP contribution is 2.26. The first-order valence-corrected chi connectivity index (χ1v) is 8.25. The van der Waals surface area contributed by atoms with Gasteiger partial charge in [-0.15, -0.1) is 0 Å². The highest BCUT2D eigenvalue weighted by molar-refractivity contribution is 6.31. The molecule has 130 valence electrons. The molecule has 0 radical (unpaired) electrons. The van der Waals surface area contributed by atoms with Gasteiger partial charge in [0.25, 0.3) is 0 Å². The van der Waals surface area contributed by atoms with Gasteiger partial charge in [-0.3, -0.25) is 9.13 Å². The average molecular weight is 353 g/mol. The fourth-order valence-electron chi connectivity index (χ4n) is 2.98. The molecule has 8 heteroatoms. The van der Waals surface area contributed by atoms with Gasteiger partial charge < -0.3 is 9.64 Å². The smallest absolute Gasteiger partial charge is 0.410 e. The summed E-state index contributed by atoms with van der Waals surface area (Å²) in [5, 5.41) is 0.483. The molecule has 0 spiro atoms. The molecular weight excluding hydrogens is 332 g/mol. The van der Waals surface area contributed by atoms with Crippen LogP contribution in [0.5, 0.6) is 0 Å². The minimum atomic E-state index is -0.538. The molecule has 1 aliphatic heterocycles. The predicted molar refractivity (Wildman–Crippen MR) is 91.4 cm³/mol. The topological polar surface area (TPSA) is 69.4 Å². The fourth-order valence-corrected chi connectivity index (χ4v) is 3.14. The number of fused-ring (bicyclic) bond motifs is 1. The van der Waals surface area contributed by atoms with Crippen LogP contribution in [0.25, 0.3) is 11.2 Å². The lowest BCUT2D eigenvalue weighted by Gasteiger charge is -2.24. The van der Waals surface area contributed by atoms with E-state index < -0.39 is 5.60 Å². The van der Waals surface area contributed by atoms with Gasteiger partial charge in [0.1, 0.15) is 5.60 Å². The monoisotopic (exact) mass is 352 g/mol. The van der Waals surface area contributed by atoms with Gasteiger partial charge >= 0.3 is 11.8 Å². The SMILES string of the molecule is Cn1c(=O)n([C@@H]2CCN(C(=O)OC(C)(C)C)C2)c2ncc(Cl)cc21. The van der Waals surface area contributed by atoms with Crippen LogP contribution in [0.2, 0.25) is 5.02 Å². The third kappa shape index (κ3) is 3.00. The number of halogens is 1. The third-order valence-electron chi connectivity index (χ3n) is 4.08. The van der Waals surface area contributed by atoms with Crippen molar-refractivity contribution in [2.75, 3.05) is 13.1 Å². The quantitative estimate of drug-likeness (QED) is 0.791. The maximum atomic E-state index is 12.6. The van der Waals surface area contributed by atoms with Gasteiger partial charge in [-0.25, -0.2) is 14.6 Å². The zero-order valence-electron chi connectivity index (χ0n) is 14.2. The third-order valence-corrected chi connectivity index (χ3v) is 4.28. The van der Waals surface area contributed by atoms with E-state index in [1.165, 1.54) is 10.8 Å². The molecule has 2 aromatic rings. The first-order chi connectivity index (χ1) is 11.2. The molecule has 1 amide bonds. The Morgan fingerprint density at radius 1 is 1.42 bits per heavy atom. The standard InChI is InChI=1S/C16H21ClN4O3/c1-16(2,3)24-15(23)20-6-5-11(9-20)21-13-12(19(4)14(21)22)7-10(17)8-18-13/h7-8,11H,5-6,9H2,1-4H3/t11-/m1/s1. The van der Waals surface area contributed by atoms with Crippen LogP contribution in [0, 0.1) is 0 Å². The van der Waals surface area contributed by atoms with Crippen molar-refractivity contribution >= 4 is 28.9 Å². The Morgan fingerprint density at radius 3 is 2.79 bits per heavy atom.